The highest BCUT2D eigenvalue weighted by Crippen LogP contribution is 2.24. The van der Waals surface area contributed by atoms with Crippen LogP contribution in [0.1, 0.15) is 0 Å². The third kappa shape index (κ3) is 3.92. The van der Waals surface area contributed by atoms with E-state index in [4.69, 9.17) is 4.98 Å². The summed E-state index contributed by atoms with van der Waals surface area (Å²) in [4.78, 5) is 17.0. The summed E-state index contributed by atoms with van der Waals surface area (Å²) >= 11 is 3.43. The van der Waals surface area contributed by atoms with Crippen LogP contribution < -0.4 is 10.6 Å². The Hall–Kier alpha value is -3.12. The van der Waals surface area contributed by atoms with Gasteiger partial charge in [-0.15, -0.1) is 0 Å². The number of hydrogen-bond acceptors (Lipinski definition) is 2. The van der Waals surface area contributed by atoms with Crippen LogP contribution in [-0.4, -0.2) is 22.1 Å². The van der Waals surface area contributed by atoms with Crippen molar-refractivity contribution in [3.8, 4) is 11.4 Å². The lowest BCUT2D eigenvalue weighted by atomic mass is 10.2. The highest BCUT2D eigenvalue weighted by molar-refractivity contribution is 9.10. The van der Waals surface area contributed by atoms with Crippen molar-refractivity contribution < 1.29 is 4.79 Å². The molecule has 1 heterocycles. The van der Waals surface area contributed by atoms with Gasteiger partial charge in [0.15, 0.2) is 0 Å². The van der Waals surface area contributed by atoms with Crippen LogP contribution in [0.15, 0.2) is 83.3 Å². The van der Waals surface area contributed by atoms with Crippen LogP contribution in [0.4, 0.5) is 10.5 Å². The highest BCUT2D eigenvalue weighted by atomic mass is 79.9. The van der Waals surface area contributed by atoms with Gasteiger partial charge in [0.1, 0.15) is 5.82 Å². The Bertz CT molecular complexity index is 1110. The smallest absolute Gasteiger partial charge is 0.319 e. The number of hydrogen-bond donors (Lipinski definition) is 2. The summed E-state index contributed by atoms with van der Waals surface area (Å²) in [6.45, 7) is 1.10. The SMILES string of the molecule is O=C(NCCn1c(-c2ccccc2)nc2ccccc21)Nc1ccccc1Br. The Morgan fingerprint density at radius 3 is 2.46 bits per heavy atom. The lowest BCUT2D eigenvalue weighted by molar-refractivity contribution is 0.251. The van der Waals surface area contributed by atoms with E-state index < -0.39 is 0 Å². The van der Waals surface area contributed by atoms with E-state index in [9.17, 15) is 4.79 Å². The van der Waals surface area contributed by atoms with E-state index in [0.29, 0.717) is 13.1 Å². The standard InChI is InChI=1S/C22H19BrN4O/c23-17-10-4-5-11-18(17)26-22(28)24-14-15-27-20-13-7-6-12-19(20)25-21(27)16-8-2-1-3-9-16/h1-13H,14-15H2,(H2,24,26,28). The molecular formula is C22H19BrN4O. The minimum absolute atomic E-state index is 0.238. The van der Waals surface area contributed by atoms with Crippen molar-refractivity contribution in [2.45, 2.75) is 6.54 Å². The summed E-state index contributed by atoms with van der Waals surface area (Å²) in [6, 6.07) is 25.4. The van der Waals surface area contributed by atoms with Gasteiger partial charge in [-0.3, -0.25) is 0 Å². The van der Waals surface area contributed by atoms with Crippen molar-refractivity contribution in [2.24, 2.45) is 0 Å². The van der Waals surface area contributed by atoms with E-state index in [1.165, 1.54) is 0 Å². The molecule has 0 aliphatic rings. The number of urea groups is 1. The second kappa shape index (κ2) is 8.27. The largest absolute Gasteiger partial charge is 0.336 e. The van der Waals surface area contributed by atoms with Crippen LogP contribution in [0.2, 0.25) is 0 Å². The molecule has 0 spiro atoms. The van der Waals surface area contributed by atoms with Gasteiger partial charge in [0.25, 0.3) is 0 Å². The second-order valence-corrected chi connectivity index (χ2v) is 7.16. The third-order valence-electron chi connectivity index (χ3n) is 4.43. The number of rotatable bonds is 5. The maximum atomic E-state index is 12.2. The predicted molar refractivity (Wildman–Crippen MR) is 116 cm³/mol. The van der Waals surface area contributed by atoms with Crippen molar-refractivity contribution in [3.05, 3.63) is 83.3 Å². The van der Waals surface area contributed by atoms with Crippen LogP contribution in [0.25, 0.3) is 22.4 Å². The van der Waals surface area contributed by atoms with Gasteiger partial charge >= 0.3 is 6.03 Å². The Balaban J connectivity index is 1.50. The molecule has 0 atom stereocenters. The Morgan fingerprint density at radius 1 is 0.929 bits per heavy atom. The summed E-state index contributed by atoms with van der Waals surface area (Å²) < 4.78 is 2.99. The fourth-order valence-electron chi connectivity index (χ4n) is 3.12. The Morgan fingerprint density at radius 2 is 1.64 bits per heavy atom. The van der Waals surface area contributed by atoms with Crippen molar-refractivity contribution in [1.82, 2.24) is 14.9 Å². The summed E-state index contributed by atoms with van der Waals surface area (Å²) in [6.07, 6.45) is 0. The lowest BCUT2D eigenvalue weighted by Crippen LogP contribution is -2.31. The van der Waals surface area contributed by atoms with E-state index in [1.807, 2.05) is 72.8 Å². The molecule has 0 bridgehead atoms. The van der Waals surface area contributed by atoms with E-state index in [-0.39, 0.29) is 6.03 Å². The van der Waals surface area contributed by atoms with Crippen molar-refractivity contribution in [3.63, 3.8) is 0 Å². The van der Waals surface area contributed by atoms with Crippen LogP contribution in [0.3, 0.4) is 0 Å². The van der Waals surface area contributed by atoms with Gasteiger partial charge in [0, 0.05) is 23.1 Å². The number of carbonyl (C=O) groups is 1. The molecule has 0 saturated carbocycles. The normalized spacial score (nSPS) is 10.8. The molecule has 140 valence electrons. The van der Waals surface area contributed by atoms with Gasteiger partial charge in [-0.1, -0.05) is 54.6 Å². The van der Waals surface area contributed by atoms with Crippen molar-refractivity contribution in [1.29, 1.82) is 0 Å². The molecule has 6 heteroatoms. The molecule has 2 amide bonds. The van der Waals surface area contributed by atoms with Gasteiger partial charge in [0.2, 0.25) is 0 Å². The number of amides is 2. The average Bonchev–Trinajstić information content (AvgIpc) is 3.09. The number of carbonyl (C=O) groups excluding carboxylic acids is 1. The molecule has 0 unspecified atom stereocenters. The Labute approximate surface area is 171 Å². The Kier molecular flexibility index (Phi) is 5.39. The monoisotopic (exact) mass is 434 g/mol. The topological polar surface area (TPSA) is 59.0 Å². The lowest BCUT2D eigenvalue weighted by Gasteiger charge is -2.12. The van der Waals surface area contributed by atoms with Crippen LogP contribution in [0.5, 0.6) is 0 Å². The number of imidazole rings is 1. The van der Waals surface area contributed by atoms with Gasteiger partial charge < -0.3 is 15.2 Å². The zero-order chi connectivity index (χ0) is 19.3. The highest BCUT2D eigenvalue weighted by Gasteiger charge is 2.12. The first kappa shape index (κ1) is 18.3. The van der Waals surface area contributed by atoms with Crippen molar-refractivity contribution in [2.75, 3.05) is 11.9 Å². The van der Waals surface area contributed by atoms with Crippen LogP contribution in [-0.2, 0) is 6.54 Å². The van der Waals surface area contributed by atoms with Crippen molar-refractivity contribution >= 4 is 38.7 Å². The maximum absolute atomic E-state index is 12.2. The average molecular weight is 435 g/mol. The van der Waals surface area contributed by atoms with Crippen LogP contribution >= 0.6 is 15.9 Å². The number of nitrogens with zero attached hydrogens (tertiary/aromatic N) is 2. The second-order valence-electron chi connectivity index (χ2n) is 6.30. The predicted octanol–water partition coefficient (Wildman–Crippen LogP) is 5.29. The van der Waals surface area contributed by atoms with Gasteiger partial charge in [-0.2, -0.15) is 0 Å². The zero-order valence-electron chi connectivity index (χ0n) is 15.1. The van der Waals surface area contributed by atoms with Crippen LogP contribution in [0, 0.1) is 0 Å². The number of halogens is 1. The number of fused-ring (bicyclic) bond motifs is 1. The zero-order valence-corrected chi connectivity index (χ0v) is 16.7. The summed E-state index contributed by atoms with van der Waals surface area (Å²) in [5.74, 6) is 0.898. The third-order valence-corrected chi connectivity index (χ3v) is 5.12. The first-order valence-corrected chi connectivity index (χ1v) is 9.82. The molecule has 4 rings (SSSR count). The molecule has 4 aromatic rings. The van der Waals surface area contributed by atoms with Gasteiger partial charge in [-0.25, -0.2) is 9.78 Å². The molecule has 0 aliphatic carbocycles. The number of aromatic nitrogens is 2. The van der Waals surface area contributed by atoms with E-state index in [2.05, 4.69) is 37.2 Å². The fraction of sp³-hybridized carbons (Fsp3) is 0.0909. The quantitative estimate of drug-likeness (QED) is 0.448. The maximum Gasteiger partial charge on any atom is 0.319 e. The van der Waals surface area contributed by atoms with Gasteiger partial charge in [0.05, 0.1) is 16.7 Å². The van der Waals surface area contributed by atoms with E-state index in [0.717, 1.165) is 32.6 Å². The van der Waals surface area contributed by atoms with E-state index in [1.54, 1.807) is 0 Å². The molecule has 1 aromatic heterocycles. The summed E-state index contributed by atoms with van der Waals surface area (Å²) in [7, 11) is 0. The molecular weight excluding hydrogens is 416 g/mol. The first-order valence-electron chi connectivity index (χ1n) is 9.02. The molecule has 0 saturated heterocycles. The minimum atomic E-state index is -0.238. The fourth-order valence-corrected chi connectivity index (χ4v) is 3.50. The molecule has 0 fully saturated rings. The molecule has 0 radical (unpaired) electrons. The number of benzene rings is 3. The minimum Gasteiger partial charge on any atom is -0.336 e. The molecule has 2 N–H and O–H groups in total. The van der Waals surface area contributed by atoms with Gasteiger partial charge in [-0.05, 0) is 40.2 Å². The summed E-state index contributed by atoms with van der Waals surface area (Å²) in [5.41, 5.74) is 3.78. The molecule has 3 aromatic carbocycles. The molecule has 5 nitrogen and oxygen atoms in total. The first-order chi connectivity index (χ1) is 13.7. The number of para-hydroxylation sites is 3. The summed E-state index contributed by atoms with van der Waals surface area (Å²) in [5, 5.41) is 5.77. The number of nitrogens with one attached hydrogen (secondary N) is 2. The molecule has 28 heavy (non-hydrogen) atoms. The number of anilines is 1. The van der Waals surface area contributed by atoms with E-state index >= 15 is 0 Å². The molecule has 0 aliphatic heterocycles.